The van der Waals surface area contributed by atoms with E-state index in [1.54, 1.807) is 23.9 Å². The monoisotopic (exact) mass is 361 g/mol. The zero-order valence-corrected chi connectivity index (χ0v) is 15.7. The van der Waals surface area contributed by atoms with E-state index in [9.17, 15) is 8.42 Å². The Morgan fingerprint density at radius 3 is 2.33 bits per heavy atom. The molecule has 0 aliphatic heterocycles. The molecule has 0 saturated heterocycles. The molecule has 1 aliphatic rings. The minimum Gasteiger partial charge on any atom is -0.207 e. The Morgan fingerprint density at radius 2 is 1.67 bits per heavy atom. The van der Waals surface area contributed by atoms with Gasteiger partial charge in [-0.3, -0.25) is 0 Å². The number of sulfonamides is 1. The smallest absolute Gasteiger partial charge is 0.207 e. The van der Waals surface area contributed by atoms with Crippen molar-refractivity contribution in [2.75, 3.05) is 6.26 Å². The van der Waals surface area contributed by atoms with E-state index >= 15 is 0 Å². The molecule has 2 aromatic carbocycles. The van der Waals surface area contributed by atoms with Gasteiger partial charge in [0, 0.05) is 10.9 Å². The van der Waals surface area contributed by atoms with Crippen molar-refractivity contribution in [1.82, 2.24) is 4.72 Å². The van der Waals surface area contributed by atoms with Crippen molar-refractivity contribution in [2.45, 2.75) is 48.4 Å². The summed E-state index contributed by atoms with van der Waals surface area (Å²) in [5.74, 6) is 0. The Morgan fingerprint density at radius 1 is 1.00 bits per heavy atom. The Bertz CT molecular complexity index is 814. The first kappa shape index (κ1) is 17.5. The highest BCUT2D eigenvalue weighted by Crippen LogP contribution is 2.26. The van der Waals surface area contributed by atoms with Gasteiger partial charge in [-0.25, -0.2) is 13.1 Å². The number of hydrogen-bond acceptors (Lipinski definition) is 3. The van der Waals surface area contributed by atoms with Gasteiger partial charge in [-0.15, -0.1) is 11.8 Å². The first-order valence-electron chi connectivity index (χ1n) is 8.28. The predicted molar refractivity (Wildman–Crippen MR) is 100 cm³/mol. The lowest BCUT2D eigenvalue weighted by atomic mass is 9.89. The maximum atomic E-state index is 12.6. The third-order valence-electron chi connectivity index (χ3n) is 4.57. The van der Waals surface area contributed by atoms with Crippen molar-refractivity contribution in [3.63, 3.8) is 0 Å². The zero-order chi connectivity index (χ0) is 17.2. The number of nitrogens with one attached hydrogen (secondary N) is 1. The molecule has 1 atom stereocenters. The molecule has 3 rings (SSSR count). The number of thioether (sulfide) groups is 1. The van der Waals surface area contributed by atoms with E-state index in [1.807, 2.05) is 31.4 Å². The highest BCUT2D eigenvalue weighted by atomic mass is 32.2. The first-order valence-corrected chi connectivity index (χ1v) is 11.0. The summed E-state index contributed by atoms with van der Waals surface area (Å²) in [6, 6.07) is 13.1. The van der Waals surface area contributed by atoms with E-state index in [2.05, 4.69) is 16.9 Å². The number of hydrogen-bond donors (Lipinski definition) is 1. The quantitative estimate of drug-likeness (QED) is 0.807. The molecule has 128 valence electrons. The van der Waals surface area contributed by atoms with E-state index in [0.29, 0.717) is 4.90 Å². The van der Waals surface area contributed by atoms with Gasteiger partial charge < -0.3 is 0 Å². The van der Waals surface area contributed by atoms with Crippen LogP contribution in [0.3, 0.4) is 0 Å². The molecule has 3 nitrogen and oxygen atoms in total. The topological polar surface area (TPSA) is 46.2 Å². The van der Waals surface area contributed by atoms with Crippen molar-refractivity contribution < 1.29 is 8.42 Å². The van der Waals surface area contributed by atoms with E-state index < -0.39 is 10.0 Å². The Balaban J connectivity index is 1.78. The number of rotatable bonds is 5. The Hall–Kier alpha value is -1.30. The van der Waals surface area contributed by atoms with Crippen LogP contribution in [-0.4, -0.2) is 14.7 Å². The van der Waals surface area contributed by atoms with Crippen LogP contribution >= 0.6 is 11.8 Å². The van der Waals surface area contributed by atoms with Crippen molar-refractivity contribution in [2.24, 2.45) is 0 Å². The molecule has 2 aromatic rings. The summed E-state index contributed by atoms with van der Waals surface area (Å²) < 4.78 is 28.0. The second kappa shape index (κ2) is 7.30. The highest BCUT2D eigenvalue weighted by Gasteiger charge is 2.19. The van der Waals surface area contributed by atoms with Gasteiger partial charge in [0.05, 0.1) is 4.90 Å². The molecule has 0 radical (unpaired) electrons. The van der Waals surface area contributed by atoms with Crippen molar-refractivity contribution in [3.8, 4) is 0 Å². The number of fused-ring (bicyclic) bond motifs is 1. The molecule has 0 fully saturated rings. The molecule has 0 spiro atoms. The van der Waals surface area contributed by atoms with E-state index in [-0.39, 0.29) is 6.04 Å². The second-order valence-corrected chi connectivity index (χ2v) is 8.85. The maximum absolute atomic E-state index is 12.6. The molecule has 0 heterocycles. The lowest BCUT2D eigenvalue weighted by Gasteiger charge is -2.20. The molecular formula is C19H23NO2S2. The van der Waals surface area contributed by atoms with Crippen LogP contribution in [0.4, 0.5) is 0 Å². The third kappa shape index (κ3) is 3.85. The van der Waals surface area contributed by atoms with Crippen molar-refractivity contribution in [3.05, 3.63) is 59.2 Å². The third-order valence-corrected chi connectivity index (χ3v) is 6.87. The standard InChI is InChI=1S/C19H23NO2S2/c1-14(16-8-7-15-5-3-4-6-17(15)13-16)20-24(21,22)19-11-9-18(23-2)10-12-19/h7-14,20H,3-6H2,1-2H3. The fourth-order valence-corrected chi connectivity index (χ4v) is 4.79. The average Bonchev–Trinajstić information content (AvgIpc) is 2.61. The summed E-state index contributed by atoms with van der Waals surface area (Å²) >= 11 is 1.60. The lowest BCUT2D eigenvalue weighted by Crippen LogP contribution is -2.27. The Labute approximate surface area is 148 Å². The Kier molecular flexibility index (Phi) is 5.33. The summed E-state index contributed by atoms with van der Waals surface area (Å²) in [4.78, 5) is 1.36. The summed E-state index contributed by atoms with van der Waals surface area (Å²) in [5, 5.41) is 0. The number of benzene rings is 2. The van der Waals surface area contributed by atoms with Gasteiger partial charge in [0.1, 0.15) is 0 Å². The van der Waals surface area contributed by atoms with Crippen molar-refractivity contribution in [1.29, 1.82) is 0 Å². The molecule has 0 bridgehead atoms. The van der Waals surface area contributed by atoms with Gasteiger partial charge in [-0.2, -0.15) is 0 Å². The van der Waals surface area contributed by atoms with Crippen LogP contribution in [0.15, 0.2) is 52.3 Å². The van der Waals surface area contributed by atoms with Crippen molar-refractivity contribution >= 4 is 21.8 Å². The lowest BCUT2D eigenvalue weighted by molar-refractivity contribution is 0.566. The summed E-state index contributed by atoms with van der Waals surface area (Å²) in [7, 11) is -3.51. The summed E-state index contributed by atoms with van der Waals surface area (Å²) in [6.07, 6.45) is 6.68. The van der Waals surface area contributed by atoms with E-state index in [1.165, 1.54) is 24.0 Å². The van der Waals surface area contributed by atoms with Crippen LogP contribution in [0.1, 0.15) is 42.5 Å². The average molecular weight is 362 g/mol. The predicted octanol–water partition coefficient (Wildman–Crippen LogP) is 4.33. The van der Waals surface area contributed by atoms with Crippen LogP contribution in [0.2, 0.25) is 0 Å². The molecule has 24 heavy (non-hydrogen) atoms. The number of aryl methyl sites for hydroxylation is 2. The van der Waals surface area contributed by atoms with Gasteiger partial charge in [0.2, 0.25) is 10.0 Å². The van der Waals surface area contributed by atoms with Crippen LogP contribution in [0, 0.1) is 0 Å². The fourth-order valence-electron chi connectivity index (χ4n) is 3.15. The van der Waals surface area contributed by atoms with Gasteiger partial charge in [0.25, 0.3) is 0 Å². The molecule has 1 unspecified atom stereocenters. The van der Waals surface area contributed by atoms with Gasteiger partial charge in [-0.1, -0.05) is 18.2 Å². The summed E-state index contributed by atoms with van der Waals surface area (Å²) in [5.41, 5.74) is 3.81. The SMILES string of the molecule is CSc1ccc(S(=O)(=O)NC(C)c2ccc3c(c2)CCCC3)cc1. The molecular weight excluding hydrogens is 338 g/mol. The first-order chi connectivity index (χ1) is 11.5. The molecule has 5 heteroatoms. The molecule has 1 aliphatic carbocycles. The van der Waals surface area contributed by atoms with Crippen LogP contribution < -0.4 is 4.72 Å². The normalized spacial score (nSPS) is 15.8. The molecule has 0 amide bonds. The molecule has 0 saturated carbocycles. The summed E-state index contributed by atoms with van der Waals surface area (Å²) in [6.45, 7) is 1.90. The minimum atomic E-state index is -3.51. The zero-order valence-electron chi connectivity index (χ0n) is 14.1. The van der Waals surface area contributed by atoms with Gasteiger partial charge >= 0.3 is 0 Å². The fraction of sp³-hybridized carbons (Fsp3) is 0.368. The van der Waals surface area contributed by atoms with Crippen LogP contribution in [0.5, 0.6) is 0 Å². The van der Waals surface area contributed by atoms with E-state index in [4.69, 9.17) is 0 Å². The largest absolute Gasteiger partial charge is 0.241 e. The van der Waals surface area contributed by atoms with Crippen LogP contribution in [-0.2, 0) is 22.9 Å². The van der Waals surface area contributed by atoms with E-state index in [0.717, 1.165) is 23.3 Å². The second-order valence-electron chi connectivity index (χ2n) is 6.25. The minimum absolute atomic E-state index is 0.248. The van der Waals surface area contributed by atoms with Gasteiger partial charge in [-0.05, 0) is 79.8 Å². The molecule has 0 aromatic heterocycles. The maximum Gasteiger partial charge on any atom is 0.241 e. The van der Waals surface area contributed by atoms with Crippen LogP contribution in [0.25, 0.3) is 0 Å². The van der Waals surface area contributed by atoms with Gasteiger partial charge in [0.15, 0.2) is 0 Å². The molecule has 1 N–H and O–H groups in total. The highest BCUT2D eigenvalue weighted by molar-refractivity contribution is 7.98.